The molecule has 0 spiro atoms. The molecule has 0 radical (unpaired) electrons. The number of hydrogen-bond acceptors (Lipinski definition) is 4. The van der Waals surface area contributed by atoms with Gasteiger partial charge < -0.3 is 14.6 Å². The highest BCUT2D eigenvalue weighted by atomic mass is 32.1. The molecule has 0 amide bonds. The lowest BCUT2D eigenvalue weighted by molar-refractivity contribution is 0.400. The molecular weight excluding hydrogens is 260 g/mol. The molecular formula is C15H10O3S. The van der Waals surface area contributed by atoms with Gasteiger partial charge in [0.2, 0.25) is 5.75 Å². The minimum absolute atomic E-state index is 0.200. The van der Waals surface area contributed by atoms with Gasteiger partial charge in [-0.05, 0) is 12.1 Å². The molecule has 0 atom stereocenters. The lowest BCUT2D eigenvalue weighted by atomic mass is 10.1. The Kier molecular flexibility index (Phi) is 2.72. The molecule has 19 heavy (non-hydrogen) atoms. The minimum Gasteiger partial charge on any atom is -0.504 e. The second-order valence-electron chi connectivity index (χ2n) is 4.15. The van der Waals surface area contributed by atoms with Crippen LogP contribution in [0.15, 0.2) is 52.9 Å². The van der Waals surface area contributed by atoms with Crippen LogP contribution < -0.4 is 0 Å². The number of phenolic OH excluding ortho intramolecular Hbond substituents is 2. The molecule has 2 N–H and O–H groups in total. The second kappa shape index (κ2) is 4.40. The summed E-state index contributed by atoms with van der Waals surface area (Å²) in [6.45, 7) is 0. The van der Waals surface area contributed by atoms with E-state index >= 15 is 0 Å². The molecule has 0 fully saturated rings. The van der Waals surface area contributed by atoms with Gasteiger partial charge >= 0.3 is 0 Å². The van der Waals surface area contributed by atoms with Crippen LogP contribution in [0.4, 0.5) is 0 Å². The molecule has 3 nitrogen and oxygen atoms in total. The highest BCUT2D eigenvalue weighted by Gasteiger charge is 2.11. The SMILES string of the molecule is Oc1ccc2c(=S)cc(-c3ccccc3)oc2c1O. The molecule has 2 aromatic carbocycles. The second-order valence-corrected chi connectivity index (χ2v) is 4.59. The van der Waals surface area contributed by atoms with Crippen LogP contribution >= 0.6 is 12.2 Å². The Morgan fingerprint density at radius 2 is 1.68 bits per heavy atom. The van der Waals surface area contributed by atoms with Crippen molar-refractivity contribution in [2.24, 2.45) is 0 Å². The van der Waals surface area contributed by atoms with Gasteiger partial charge in [0.15, 0.2) is 11.3 Å². The first-order valence-corrected chi connectivity index (χ1v) is 6.12. The maximum atomic E-state index is 9.86. The van der Waals surface area contributed by atoms with Crippen LogP contribution in [0, 0.1) is 4.51 Å². The fourth-order valence-corrected chi connectivity index (χ4v) is 2.21. The Balaban J connectivity index is 2.36. The van der Waals surface area contributed by atoms with Crippen LogP contribution in [0.1, 0.15) is 0 Å². The Hall–Kier alpha value is -2.33. The first-order chi connectivity index (χ1) is 9.16. The van der Waals surface area contributed by atoms with E-state index in [-0.39, 0.29) is 17.1 Å². The summed E-state index contributed by atoms with van der Waals surface area (Å²) in [4.78, 5) is 0. The third-order valence-electron chi connectivity index (χ3n) is 2.91. The van der Waals surface area contributed by atoms with Crippen molar-refractivity contribution in [2.45, 2.75) is 0 Å². The van der Waals surface area contributed by atoms with E-state index in [9.17, 15) is 10.2 Å². The van der Waals surface area contributed by atoms with Crippen LogP contribution in [-0.4, -0.2) is 10.2 Å². The molecule has 1 aromatic heterocycles. The van der Waals surface area contributed by atoms with Gasteiger partial charge in [0.05, 0.1) is 4.51 Å². The van der Waals surface area contributed by atoms with Crippen LogP contribution in [-0.2, 0) is 0 Å². The third kappa shape index (κ3) is 1.96. The molecule has 0 bridgehead atoms. The van der Waals surface area contributed by atoms with E-state index in [1.54, 1.807) is 12.1 Å². The first-order valence-electron chi connectivity index (χ1n) is 5.71. The van der Waals surface area contributed by atoms with Gasteiger partial charge in [-0.2, -0.15) is 0 Å². The lowest BCUT2D eigenvalue weighted by Crippen LogP contribution is -1.81. The topological polar surface area (TPSA) is 53.6 Å². The van der Waals surface area contributed by atoms with Gasteiger partial charge in [0.25, 0.3) is 0 Å². The van der Waals surface area contributed by atoms with E-state index in [4.69, 9.17) is 16.6 Å². The highest BCUT2D eigenvalue weighted by Crippen LogP contribution is 2.36. The average molecular weight is 270 g/mol. The fourth-order valence-electron chi connectivity index (χ4n) is 1.94. The van der Waals surface area contributed by atoms with Gasteiger partial charge in [-0.25, -0.2) is 0 Å². The highest BCUT2D eigenvalue weighted by molar-refractivity contribution is 7.71. The number of aromatic hydroxyl groups is 2. The van der Waals surface area contributed by atoms with Crippen molar-refractivity contribution in [3.8, 4) is 22.8 Å². The minimum atomic E-state index is -0.290. The maximum absolute atomic E-state index is 9.86. The van der Waals surface area contributed by atoms with Crippen molar-refractivity contribution in [1.82, 2.24) is 0 Å². The molecule has 1 heterocycles. The number of benzene rings is 2. The van der Waals surface area contributed by atoms with E-state index in [1.807, 2.05) is 30.3 Å². The van der Waals surface area contributed by atoms with Gasteiger partial charge in [0, 0.05) is 17.0 Å². The van der Waals surface area contributed by atoms with Crippen molar-refractivity contribution >= 4 is 23.2 Å². The van der Waals surface area contributed by atoms with Crippen LogP contribution in [0.25, 0.3) is 22.3 Å². The van der Waals surface area contributed by atoms with Gasteiger partial charge in [0.1, 0.15) is 5.76 Å². The number of fused-ring (bicyclic) bond motifs is 1. The summed E-state index contributed by atoms with van der Waals surface area (Å²) in [5, 5.41) is 20.0. The Labute approximate surface area is 114 Å². The van der Waals surface area contributed by atoms with Gasteiger partial charge in [-0.15, -0.1) is 0 Å². The molecule has 3 rings (SSSR count). The molecule has 0 saturated heterocycles. The third-order valence-corrected chi connectivity index (χ3v) is 3.25. The van der Waals surface area contributed by atoms with E-state index in [0.717, 1.165) is 5.56 Å². The predicted octanol–water partition coefficient (Wildman–Crippen LogP) is 4.24. The van der Waals surface area contributed by atoms with E-state index < -0.39 is 0 Å². The summed E-state index contributed by atoms with van der Waals surface area (Å²) < 4.78 is 6.23. The maximum Gasteiger partial charge on any atom is 0.201 e. The zero-order chi connectivity index (χ0) is 13.4. The standard InChI is InChI=1S/C15H10O3S/c16-11-7-6-10-13(19)8-12(18-15(10)14(11)17)9-4-2-1-3-5-9/h1-8,16-17H. The largest absolute Gasteiger partial charge is 0.504 e. The Morgan fingerprint density at radius 1 is 0.947 bits per heavy atom. The molecule has 94 valence electrons. The fraction of sp³-hybridized carbons (Fsp3) is 0. The molecule has 0 saturated carbocycles. The summed E-state index contributed by atoms with van der Waals surface area (Å²) >= 11 is 5.29. The van der Waals surface area contributed by atoms with E-state index in [2.05, 4.69) is 0 Å². The number of hydrogen-bond donors (Lipinski definition) is 2. The van der Waals surface area contributed by atoms with E-state index in [0.29, 0.717) is 15.7 Å². The summed E-state index contributed by atoms with van der Waals surface area (Å²) in [5.74, 6) is 0.0382. The van der Waals surface area contributed by atoms with Crippen molar-refractivity contribution in [1.29, 1.82) is 0 Å². The van der Waals surface area contributed by atoms with E-state index in [1.165, 1.54) is 6.07 Å². The summed E-state index contributed by atoms with van der Waals surface area (Å²) in [6, 6.07) is 14.2. The molecule has 0 unspecified atom stereocenters. The predicted molar refractivity (Wildman–Crippen MR) is 75.8 cm³/mol. The lowest BCUT2D eigenvalue weighted by Gasteiger charge is -2.06. The van der Waals surface area contributed by atoms with Crippen LogP contribution in [0.3, 0.4) is 0 Å². The summed E-state index contributed by atoms with van der Waals surface area (Å²) in [5.41, 5.74) is 1.06. The first kappa shape index (κ1) is 11.7. The summed E-state index contributed by atoms with van der Waals surface area (Å²) in [7, 11) is 0. The smallest absolute Gasteiger partial charge is 0.201 e. The van der Waals surface area contributed by atoms with Crippen molar-refractivity contribution < 1.29 is 14.6 Å². The number of rotatable bonds is 1. The molecule has 0 aliphatic carbocycles. The normalized spacial score (nSPS) is 10.7. The summed E-state index contributed by atoms with van der Waals surface area (Å²) in [6.07, 6.45) is 0. The monoisotopic (exact) mass is 270 g/mol. The van der Waals surface area contributed by atoms with Gasteiger partial charge in [-0.1, -0.05) is 42.5 Å². The average Bonchev–Trinajstić information content (AvgIpc) is 2.44. The van der Waals surface area contributed by atoms with Crippen molar-refractivity contribution in [3.05, 3.63) is 53.0 Å². The zero-order valence-electron chi connectivity index (χ0n) is 9.83. The quantitative estimate of drug-likeness (QED) is 0.513. The van der Waals surface area contributed by atoms with Gasteiger partial charge in [-0.3, -0.25) is 0 Å². The van der Waals surface area contributed by atoms with Crippen LogP contribution in [0.2, 0.25) is 0 Å². The zero-order valence-corrected chi connectivity index (χ0v) is 10.6. The molecule has 4 heteroatoms. The molecule has 0 aliphatic heterocycles. The molecule has 0 aliphatic rings. The number of phenols is 2. The van der Waals surface area contributed by atoms with Crippen molar-refractivity contribution in [2.75, 3.05) is 0 Å². The van der Waals surface area contributed by atoms with Crippen molar-refractivity contribution in [3.63, 3.8) is 0 Å². The Morgan fingerprint density at radius 3 is 2.42 bits per heavy atom. The molecule has 3 aromatic rings. The Bertz CT molecular complexity index is 807. The van der Waals surface area contributed by atoms with Crippen LogP contribution in [0.5, 0.6) is 11.5 Å².